The lowest BCUT2D eigenvalue weighted by Gasteiger charge is -2.39. The molecule has 0 radical (unpaired) electrons. The SMILES string of the molecule is CC(c1ccccc1)N1CCC(N(C(=O)c2cccs2)c2ncn(-c3ccccc3)n2)CC1. The molecule has 2 aromatic heterocycles. The molecular weight excluding hydrogens is 430 g/mol. The van der Waals surface area contributed by atoms with Crippen LogP contribution in [0.1, 0.15) is 41.0 Å². The lowest BCUT2D eigenvalue weighted by Crippen LogP contribution is -2.48. The van der Waals surface area contributed by atoms with Crippen molar-refractivity contribution in [2.45, 2.75) is 31.8 Å². The molecule has 1 fully saturated rings. The second-order valence-corrected chi connectivity index (χ2v) is 9.28. The number of thiophene rings is 1. The third-order valence-corrected chi connectivity index (χ3v) is 7.22. The third-order valence-electron chi connectivity index (χ3n) is 6.36. The summed E-state index contributed by atoms with van der Waals surface area (Å²) in [4.78, 5) is 23.1. The minimum Gasteiger partial charge on any atom is -0.296 e. The quantitative estimate of drug-likeness (QED) is 0.399. The molecule has 1 unspecified atom stereocenters. The zero-order chi connectivity index (χ0) is 22.6. The van der Waals surface area contributed by atoms with E-state index in [0.29, 0.717) is 16.9 Å². The Bertz CT molecular complexity index is 1170. The molecule has 0 spiro atoms. The van der Waals surface area contributed by atoms with E-state index >= 15 is 0 Å². The molecule has 3 heterocycles. The topological polar surface area (TPSA) is 54.3 Å². The number of carbonyl (C=O) groups is 1. The van der Waals surface area contributed by atoms with Gasteiger partial charge in [-0.25, -0.2) is 4.68 Å². The molecule has 0 aliphatic carbocycles. The van der Waals surface area contributed by atoms with Gasteiger partial charge in [0.2, 0.25) is 0 Å². The van der Waals surface area contributed by atoms with Crippen LogP contribution in [0.5, 0.6) is 0 Å². The summed E-state index contributed by atoms with van der Waals surface area (Å²) >= 11 is 1.46. The number of para-hydroxylation sites is 1. The van der Waals surface area contributed by atoms with Gasteiger partial charge >= 0.3 is 0 Å². The number of carbonyl (C=O) groups excluding carboxylic acids is 1. The van der Waals surface area contributed by atoms with Gasteiger partial charge in [0.15, 0.2) is 0 Å². The number of piperidine rings is 1. The second-order valence-electron chi connectivity index (χ2n) is 8.33. The molecule has 2 aromatic carbocycles. The number of aromatic nitrogens is 3. The van der Waals surface area contributed by atoms with Crippen LogP contribution in [-0.2, 0) is 0 Å². The summed E-state index contributed by atoms with van der Waals surface area (Å²) in [5, 5.41) is 6.63. The molecule has 0 bridgehead atoms. The lowest BCUT2D eigenvalue weighted by atomic mass is 9.99. The van der Waals surface area contributed by atoms with E-state index in [-0.39, 0.29) is 11.9 Å². The Morgan fingerprint density at radius 3 is 2.36 bits per heavy atom. The summed E-state index contributed by atoms with van der Waals surface area (Å²) < 4.78 is 1.73. The fourth-order valence-electron chi connectivity index (χ4n) is 4.48. The first-order valence-corrected chi connectivity index (χ1v) is 12.2. The van der Waals surface area contributed by atoms with Crippen LogP contribution in [0.25, 0.3) is 5.69 Å². The third kappa shape index (κ3) is 4.60. The average molecular weight is 458 g/mol. The maximum Gasteiger partial charge on any atom is 0.271 e. The number of rotatable bonds is 6. The molecule has 1 atom stereocenters. The maximum atomic E-state index is 13.5. The van der Waals surface area contributed by atoms with Gasteiger partial charge in [0.1, 0.15) is 6.33 Å². The fourth-order valence-corrected chi connectivity index (χ4v) is 5.14. The van der Waals surface area contributed by atoms with Crippen molar-refractivity contribution in [2.24, 2.45) is 0 Å². The van der Waals surface area contributed by atoms with Gasteiger partial charge in [0.05, 0.1) is 10.6 Å². The van der Waals surface area contributed by atoms with Gasteiger partial charge in [0, 0.05) is 25.2 Å². The molecule has 33 heavy (non-hydrogen) atoms. The number of amides is 1. The normalized spacial score (nSPS) is 15.9. The van der Waals surface area contributed by atoms with Crippen LogP contribution in [0.4, 0.5) is 5.95 Å². The second kappa shape index (κ2) is 9.68. The molecule has 0 saturated carbocycles. The van der Waals surface area contributed by atoms with E-state index in [0.717, 1.165) is 31.6 Å². The van der Waals surface area contributed by atoms with Crippen molar-refractivity contribution in [3.05, 3.63) is 94.9 Å². The maximum absolute atomic E-state index is 13.5. The smallest absolute Gasteiger partial charge is 0.271 e. The Hall–Kier alpha value is -3.29. The van der Waals surface area contributed by atoms with Gasteiger partial charge in [-0.2, -0.15) is 4.98 Å². The summed E-state index contributed by atoms with van der Waals surface area (Å²) in [6.45, 7) is 4.11. The van der Waals surface area contributed by atoms with E-state index in [1.807, 2.05) is 52.7 Å². The van der Waals surface area contributed by atoms with Gasteiger partial charge in [-0.15, -0.1) is 16.4 Å². The molecule has 1 saturated heterocycles. The molecule has 168 valence electrons. The Balaban J connectivity index is 1.37. The molecular formula is C26H27N5OS. The lowest BCUT2D eigenvalue weighted by molar-refractivity contribution is 0.0951. The van der Waals surface area contributed by atoms with Crippen molar-refractivity contribution >= 4 is 23.2 Å². The molecule has 5 rings (SSSR count). The fraction of sp³-hybridized carbons (Fsp3) is 0.269. The number of hydrogen-bond donors (Lipinski definition) is 0. The molecule has 1 aliphatic rings. The molecule has 1 aliphatic heterocycles. The number of anilines is 1. The summed E-state index contributed by atoms with van der Waals surface area (Å²) in [5.74, 6) is 0.442. The van der Waals surface area contributed by atoms with Crippen LogP contribution in [0, 0.1) is 0 Å². The number of hydrogen-bond acceptors (Lipinski definition) is 5. The van der Waals surface area contributed by atoms with E-state index < -0.39 is 0 Å². The van der Waals surface area contributed by atoms with E-state index in [1.54, 1.807) is 11.0 Å². The highest BCUT2D eigenvalue weighted by Gasteiger charge is 2.33. The van der Waals surface area contributed by atoms with Gasteiger partial charge in [-0.05, 0) is 48.9 Å². The Morgan fingerprint density at radius 2 is 1.70 bits per heavy atom. The number of likely N-dealkylation sites (tertiary alicyclic amines) is 1. The van der Waals surface area contributed by atoms with Crippen LogP contribution in [0.15, 0.2) is 84.5 Å². The highest BCUT2D eigenvalue weighted by atomic mass is 32.1. The zero-order valence-electron chi connectivity index (χ0n) is 18.6. The molecule has 4 aromatic rings. The average Bonchev–Trinajstić information content (AvgIpc) is 3.58. The minimum absolute atomic E-state index is 0.0228. The Labute approximate surface area is 198 Å². The van der Waals surface area contributed by atoms with Crippen LogP contribution in [0.3, 0.4) is 0 Å². The summed E-state index contributed by atoms with van der Waals surface area (Å²) in [5.41, 5.74) is 2.25. The summed E-state index contributed by atoms with van der Waals surface area (Å²) in [6, 6.07) is 24.7. The van der Waals surface area contributed by atoms with Gasteiger partial charge in [-0.3, -0.25) is 14.6 Å². The Morgan fingerprint density at radius 1 is 1.00 bits per heavy atom. The highest BCUT2D eigenvalue weighted by Crippen LogP contribution is 2.29. The first-order valence-electron chi connectivity index (χ1n) is 11.3. The first-order chi connectivity index (χ1) is 16.2. The van der Waals surface area contributed by atoms with Crippen molar-refractivity contribution in [3.63, 3.8) is 0 Å². The highest BCUT2D eigenvalue weighted by molar-refractivity contribution is 7.12. The number of nitrogens with zero attached hydrogens (tertiary/aromatic N) is 5. The Kier molecular flexibility index (Phi) is 6.32. The minimum atomic E-state index is -0.0228. The first kappa shape index (κ1) is 21.6. The van der Waals surface area contributed by atoms with Crippen molar-refractivity contribution in [3.8, 4) is 5.69 Å². The van der Waals surface area contributed by atoms with Gasteiger partial charge < -0.3 is 0 Å². The molecule has 0 N–H and O–H groups in total. The molecule has 7 heteroatoms. The van der Waals surface area contributed by atoms with E-state index in [1.165, 1.54) is 16.9 Å². The summed E-state index contributed by atoms with van der Waals surface area (Å²) in [7, 11) is 0. The standard InChI is InChI=1S/C26H27N5OS/c1-20(21-9-4-2-5-10-21)29-16-14-23(15-17-29)31(25(32)24-13-8-18-33-24)26-27-19-30(28-26)22-11-6-3-7-12-22/h2-13,18-20,23H,14-17H2,1H3. The molecule has 1 amide bonds. The van der Waals surface area contributed by atoms with E-state index in [2.05, 4.69) is 47.1 Å². The van der Waals surface area contributed by atoms with Gasteiger partial charge in [-0.1, -0.05) is 54.6 Å². The van der Waals surface area contributed by atoms with E-state index in [9.17, 15) is 4.79 Å². The van der Waals surface area contributed by atoms with Gasteiger partial charge in [0.25, 0.3) is 11.9 Å². The van der Waals surface area contributed by atoms with E-state index in [4.69, 9.17) is 5.10 Å². The van der Waals surface area contributed by atoms with Crippen LogP contribution < -0.4 is 4.90 Å². The van der Waals surface area contributed by atoms with Crippen molar-refractivity contribution in [2.75, 3.05) is 18.0 Å². The predicted molar refractivity (Wildman–Crippen MR) is 132 cm³/mol. The van der Waals surface area contributed by atoms with Crippen molar-refractivity contribution < 1.29 is 4.79 Å². The summed E-state index contributed by atoms with van der Waals surface area (Å²) in [6.07, 6.45) is 3.45. The number of benzene rings is 2. The predicted octanol–water partition coefficient (Wildman–Crippen LogP) is 5.20. The van der Waals surface area contributed by atoms with Crippen LogP contribution in [0.2, 0.25) is 0 Å². The largest absolute Gasteiger partial charge is 0.296 e. The van der Waals surface area contributed by atoms with Crippen molar-refractivity contribution in [1.82, 2.24) is 19.7 Å². The van der Waals surface area contributed by atoms with Crippen LogP contribution in [-0.4, -0.2) is 44.7 Å². The van der Waals surface area contributed by atoms with Crippen molar-refractivity contribution in [1.29, 1.82) is 0 Å². The van der Waals surface area contributed by atoms with Crippen LogP contribution >= 0.6 is 11.3 Å². The monoisotopic (exact) mass is 457 g/mol. The molecule has 6 nitrogen and oxygen atoms in total. The zero-order valence-corrected chi connectivity index (χ0v) is 19.4.